The third-order valence-corrected chi connectivity index (χ3v) is 3.99. The summed E-state index contributed by atoms with van der Waals surface area (Å²) in [6.07, 6.45) is 2.61. The number of hydrogen-bond donors (Lipinski definition) is 2. The number of carboxylic acid groups (broad SMARTS) is 2. The number of benzene rings is 1. The molecule has 13 heteroatoms. The molecule has 0 spiro atoms. The molecule has 0 unspecified atom stereocenters. The van der Waals surface area contributed by atoms with E-state index in [4.69, 9.17) is 0 Å². The van der Waals surface area contributed by atoms with Crippen LogP contribution in [0.15, 0.2) is 57.7 Å². The summed E-state index contributed by atoms with van der Waals surface area (Å²) < 4.78 is 1.24. The van der Waals surface area contributed by atoms with Crippen LogP contribution in [0.5, 0.6) is 5.88 Å². The Morgan fingerprint density at radius 3 is 2.44 bits per heavy atom. The first-order valence-corrected chi connectivity index (χ1v) is 8.11. The van der Waals surface area contributed by atoms with E-state index in [1.807, 2.05) is 0 Å². The summed E-state index contributed by atoms with van der Waals surface area (Å²) in [5.41, 5.74) is -1.14. The molecule has 2 aromatic heterocycles. The van der Waals surface area contributed by atoms with Gasteiger partial charge in [-0.2, -0.15) is 27.9 Å². The first-order chi connectivity index (χ1) is 13.8. The van der Waals surface area contributed by atoms with Crippen molar-refractivity contribution in [1.29, 1.82) is 0 Å². The third-order valence-electron chi connectivity index (χ3n) is 3.99. The quantitative estimate of drug-likeness (QED) is 0.166. The van der Waals surface area contributed by atoms with Gasteiger partial charge in [-0.15, -0.1) is 11.2 Å². The van der Waals surface area contributed by atoms with Crippen LogP contribution in [-0.4, -0.2) is 22.0 Å². The van der Waals surface area contributed by atoms with Crippen LogP contribution in [0.25, 0.3) is 5.69 Å². The van der Waals surface area contributed by atoms with Gasteiger partial charge in [0, 0.05) is 12.0 Å². The second kappa shape index (κ2) is 13.4. The minimum Gasteiger partial charge on any atom is -0.559 e. The Balaban J connectivity index is 0.00000320. The molecular formula is C19H12N4Na3O6+. The zero-order valence-electron chi connectivity index (χ0n) is 17.9. The summed E-state index contributed by atoms with van der Waals surface area (Å²) in [5, 5.41) is 40.0. The summed E-state index contributed by atoms with van der Waals surface area (Å²) in [5.74, 6) is -3.49. The smallest absolute Gasteiger partial charge is 0.559 e. The summed E-state index contributed by atoms with van der Waals surface area (Å²) in [6, 6.07) is 9.21. The summed E-state index contributed by atoms with van der Waals surface area (Å²) >= 11 is 0. The second-order valence-electron chi connectivity index (χ2n) is 5.84. The molecule has 3 aromatic rings. The fourth-order valence-corrected chi connectivity index (χ4v) is 2.63. The van der Waals surface area contributed by atoms with Gasteiger partial charge in [0.05, 0.1) is 17.1 Å². The van der Waals surface area contributed by atoms with Crippen molar-refractivity contribution in [3.8, 4) is 11.6 Å². The van der Waals surface area contributed by atoms with Gasteiger partial charge < -0.3 is 24.9 Å². The van der Waals surface area contributed by atoms with Crippen LogP contribution in [0.3, 0.4) is 0 Å². The van der Waals surface area contributed by atoms with Crippen molar-refractivity contribution < 1.29 is 118 Å². The number of aromatic nitrogens is 2. The predicted octanol–water partition coefficient (Wildman–Crippen LogP) is -9.38. The Morgan fingerprint density at radius 2 is 1.81 bits per heavy atom. The number of azo groups is 1. The van der Waals surface area contributed by atoms with Crippen molar-refractivity contribution in [2.75, 3.05) is 0 Å². The molecule has 0 aliphatic carbocycles. The van der Waals surface area contributed by atoms with Crippen molar-refractivity contribution in [2.24, 2.45) is 10.2 Å². The van der Waals surface area contributed by atoms with Gasteiger partial charge in [0.2, 0.25) is 5.88 Å². The Labute approximate surface area is 248 Å². The molecule has 0 atom stereocenters. The van der Waals surface area contributed by atoms with Gasteiger partial charge >= 0.3 is 94.2 Å². The number of hydrogen-bond acceptors (Lipinski definition) is 8. The van der Waals surface area contributed by atoms with E-state index in [0.717, 1.165) is 6.07 Å². The fourth-order valence-electron chi connectivity index (χ4n) is 2.63. The number of nitrogens with zero attached hydrogens (tertiary/aromatic N) is 3. The van der Waals surface area contributed by atoms with Crippen LogP contribution in [0.2, 0.25) is 0 Å². The number of carboxylic acids is 2. The van der Waals surface area contributed by atoms with Gasteiger partial charge in [-0.05, 0) is 18.7 Å². The summed E-state index contributed by atoms with van der Waals surface area (Å²) in [7, 11) is 0. The van der Waals surface area contributed by atoms with E-state index < -0.39 is 23.4 Å². The molecule has 32 heavy (non-hydrogen) atoms. The van der Waals surface area contributed by atoms with Crippen molar-refractivity contribution in [3.63, 3.8) is 0 Å². The molecule has 0 amide bonds. The minimum absolute atomic E-state index is 0. The molecule has 3 rings (SSSR count). The van der Waals surface area contributed by atoms with Crippen LogP contribution in [0.1, 0.15) is 26.3 Å². The molecule has 0 saturated carbocycles. The van der Waals surface area contributed by atoms with E-state index in [1.165, 1.54) is 48.1 Å². The van der Waals surface area contributed by atoms with Crippen molar-refractivity contribution >= 4 is 23.3 Å². The number of rotatable bonds is 5. The molecule has 0 aliphatic rings. The average molecular weight is 461 g/mol. The van der Waals surface area contributed by atoms with E-state index in [0.29, 0.717) is 0 Å². The van der Waals surface area contributed by atoms with Crippen LogP contribution >= 0.6 is 0 Å². The molecule has 0 radical (unpaired) electrons. The number of nitrogens with one attached hydrogen (secondary N) is 1. The maximum Gasteiger partial charge on any atom is 1.00 e. The van der Waals surface area contributed by atoms with Gasteiger partial charge in [-0.1, -0.05) is 5.56 Å². The first kappa shape index (κ1) is 30.7. The first-order valence-electron chi connectivity index (χ1n) is 8.11. The molecule has 0 bridgehead atoms. The molecule has 146 valence electrons. The van der Waals surface area contributed by atoms with Crippen molar-refractivity contribution in [1.82, 2.24) is 4.98 Å². The SMILES string of the molecule is Cc1c(N=Nc2cc[c-]cc2C(=O)[O-])c(O)[nH]c(=O)c1-[n+]1cccc(C(=O)[O-])c1.[Na+].[Na+].[Na+]. The van der Waals surface area contributed by atoms with E-state index in [1.54, 1.807) is 0 Å². The van der Waals surface area contributed by atoms with Gasteiger partial charge in [0.25, 0.3) is 5.69 Å². The minimum atomic E-state index is -1.48. The van der Waals surface area contributed by atoms with Crippen LogP contribution in [0.4, 0.5) is 11.4 Å². The van der Waals surface area contributed by atoms with E-state index in [-0.39, 0.29) is 122 Å². The van der Waals surface area contributed by atoms with Crippen LogP contribution in [-0.2, 0) is 0 Å². The number of pyridine rings is 2. The van der Waals surface area contributed by atoms with Crippen molar-refractivity contribution in [2.45, 2.75) is 6.92 Å². The van der Waals surface area contributed by atoms with Gasteiger partial charge in [0.15, 0.2) is 18.1 Å². The normalized spacial score (nSPS) is 9.91. The van der Waals surface area contributed by atoms with Crippen LogP contribution < -0.4 is 109 Å². The zero-order valence-corrected chi connectivity index (χ0v) is 23.9. The predicted molar refractivity (Wildman–Crippen MR) is 93.1 cm³/mol. The largest absolute Gasteiger partial charge is 1.00 e. The summed E-state index contributed by atoms with van der Waals surface area (Å²) in [4.78, 5) is 36.8. The zero-order chi connectivity index (χ0) is 21.1. The molecule has 0 saturated heterocycles. The monoisotopic (exact) mass is 461 g/mol. The topological polar surface area (TPSA) is 162 Å². The number of aromatic carboxylic acids is 2. The standard InChI is InChI=1S/C19H14N4O6.3Na/c1-10-14(22-21-13-7-3-2-6-12(13)19(28)29)16(24)20-17(25)15(10)23-8-4-5-11(9-23)18(26)27;;;/h3-9H,1H3,(H,26,27)(H,28,29)(H2,20,24,25);;;/q;3*+1/p-2. The number of carbonyl (C=O) groups excluding carboxylic acids is 2. The number of aromatic amines is 1. The van der Waals surface area contributed by atoms with Crippen molar-refractivity contribution in [3.05, 3.63) is 75.8 Å². The molecule has 1 aromatic carbocycles. The number of carbonyl (C=O) groups is 2. The number of H-pyrrole nitrogens is 1. The van der Waals surface area contributed by atoms with E-state index in [9.17, 15) is 29.7 Å². The molecule has 2 heterocycles. The van der Waals surface area contributed by atoms with E-state index >= 15 is 0 Å². The van der Waals surface area contributed by atoms with Gasteiger partial charge in [-0.25, -0.2) is 0 Å². The van der Waals surface area contributed by atoms with Gasteiger partial charge in [-0.3, -0.25) is 9.78 Å². The molecule has 0 fully saturated rings. The fraction of sp³-hybridized carbons (Fsp3) is 0.0526. The second-order valence-corrected chi connectivity index (χ2v) is 5.84. The molecular weight excluding hydrogens is 449 g/mol. The van der Waals surface area contributed by atoms with Crippen LogP contribution in [0, 0.1) is 13.0 Å². The molecule has 2 N–H and O–H groups in total. The Hall–Kier alpha value is -1.34. The maximum absolute atomic E-state index is 12.4. The average Bonchev–Trinajstić information content (AvgIpc) is 2.68. The Kier molecular flexibility index (Phi) is 12.8. The number of aromatic hydroxyl groups is 1. The summed E-state index contributed by atoms with van der Waals surface area (Å²) in [6.45, 7) is 1.47. The Morgan fingerprint density at radius 1 is 1.12 bits per heavy atom. The molecule has 0 aliphatic heterocycles. The third kappa shape index (κ3) is 6.83. The maximum atomic E-state index is 12.4. The molecule has 10 nitrogen and oxygen atoms in total. The van der Waals surface area contributed by atoms with E-state index in [2.05, 4.69) is 21.3 Å². The van der Waals surface area contributed by atoms with Gasteiger partial charge in [0.1, 0.15) is 0 Å². The Bertz CT molecular complexity index is 1230.